The van der Waals surface area contributed by atoms with Crippen molar-refractivity contribution in [2.24, 2.45) is 5.73 Å². The number of hydrogen-bond acceptors (Lipinski definition) is 4. The number of sulfonamides is 1. The van der Waals surface area contributed by atoms with Crippen LogP contribution in [0.1, 0.15) is 32.3 Å². The Labute approximate surface area is 127 Å². The lowest BCUT2D eigenvalue weighted by molar-refractivity contribution is 0.0762. The highest BCUT2D eigenvalue weighted by molar-refractivity contribution is 7.89. The fraction of sp³-hybridized carbons (Fsp3) is 0.600. The Balaban J connectivity index is 2.39. The molecule has 0 saturated heterocycles. The van der Waals surface area contributed by atoms with E-state index in [2.05, 4.69) is 4.72 Å². The van der Waals surface area contributed by atoms with Crippen molar-refractivity contribution in [3.8, 4) is 0 Å². The Morgan fingerprint density at radius 2 is 1.86 bits per heavy atom. The van der Waals surface area contributed by atoms with Gasteiger partial charge in [-0.1, -0.05) is 12.1 Å². The maximum atomic E-state index is 12.1. The van der Waals surface area contributed by atoms with Gasteiger partial charge in [0.25, 0.3) is 0 Å². The lowest BCUT2D eigenvalue weighted by atomic mass is 10.2. The fourth-order valence-electron chi connectivity index (χ4n) is 1.84. The first-order valence-electron chi connectivity index (χ1n) is 7.36. The van der Waals surface area contributed by atoms with E-state index >= 15 is 0 Å². The topological polar surface area (TPSA) is 81.4 Å². The molecule has 0 radical (unpaired) electrons. The summed E-state index contributed by atoms with van der Waals surface area (Å²) >= 11 is 0. The minimum Gasteiger partial charge on any atom is -0.379 e. The van der Waals surface area contributed by atoms with Crippen LogP contribution < -0.4 is 10.5 Å². The number of rotatable bonds is 10. The van der Waals surface area contributed by atoms with Crippen molar-refractivity contribution in [2.75, 3.05) is 19.7 Å². The smallest absolute Gasteiger partial charge is 0.240 e. The molecule has 1 rings (SSSR count). The molecule has 0 atom stereocenters. The quantitative estimate of drug-likeness (QED) is 0.644. The SMILES string of the molecule is CC(C)OCCCCNS(=O)(=O)c1ccc(CCN)cc1. The van der Waals surface area contributed by atoms with Gasteiger partial charge in [0, 0.05) is 13.2 Å². The molecule has 0 aliphatic rings. The second-order valence-electron chi connectivity index (χ2n) is 5.21. The monoisotopic (exact) mass is 314 g/mol. The van der Waals surface area contributed by atoms with Crippen LogP contribution in [-0.2, 0) is 21.2 Å². The van der Waals surface area contributed by atoms with E-state index in [1.54, 1.807) is 24.3 Å². The molecule has 0 heterocycles. The van der Waals surface area contributed by atoms with Gasteiger partial charge in [0.2, 0.25) is 10.0 Å². The van der Waals surface area contributed by atoms with Crippen molar-refractivity contribution in [1.82, 2.24) is 4.72 Å². The number of ether oxygens (including phenoxy) is 1. The molecule has 1 aromatic rings. The van der Waals surface area contributed by atoms with E-state index in [1.165, 1.54) is 0 Å². The third kappa shape index (κ3) is 7.04. The number of nitrogens with two attached hydrogens (primary N) is 1. The highest BCUT2D eigenvalue weighted by Gasteiger charge is 2.12. The zero-order chi connectivity index (χ0) is 15.7. The summed E-state index contributed by atoms with van der Waals surface area (Å²) in [5, 5.41) is 0. The highest BCUT2D eigenvalue weighted by atomic mass is 32.2. The van der Waals surface area contributed by atoms with Crippen molar-refractivity contribution >= 4 is 10.0 Å². The minimum atomic E-state index is -3.42. The first kappa shape index (κ1) is 18.1. The summed E-state index contributed by atoms with van der Waals surface area (Å²) in [5.41, 5.74) is 6.51. The van der Waals surface area contributed by atoms with Crippen LogP contribution in [0.25, 0.3) is 0 Å². The van der Waals surface area contributed by atoms with Gasteiger partial charge in [0.05, 0.1) is 11.0 Å². The van der Waals surface area contributed by atoms with Gasteiger partial charge in [0.1, 0.15) is 0 Å². The van der Waals surface area contributed by atoms with E-state index in [0.29, 0.717) is 24.6 Å². The fourth-order valence-corrected chi connectivity index (χ4v) is 2.91. The van der Waals surface area contributed by atoms with E-state index in [1.807, 2.05) is 13.8 Å². The molecule has 21 heavy (non-hydrogen) atoms. The molecule has 0 aromatic heterocycles. The first-order chi connectivity index (χ1) is 9.95. The van der Waals surface area contributed by atoms with Gasteiger partial charge in [-0.3, -0.25) is 0 Å². The van der Waals surface area contributed by atoms with Crippen LogP contribution in [0.15, 0.2) is 29.2 Å². The molecule has 1 aromatic carbocycles. The average molecular weight is 314 g/mol. The van der Waals surface area contributed by atoms with Crippen LogP contribution in [0.4, 0.5) is 0 Å². The lowest BCUT2D eigenvalue weighted by Crippen LogP contribution is -2.25. The minimum absolute atomic E-state index is 0.216. The molecule has 0 fully saturated rings. The lowest BCUT2D eigenvalue weighted by Gasteiger charge is -2.09. The molecule has 0 aliphatic heterocycles. The van der Waals surface area contributed by atoms with E-state index in [0.717, 1.165) is 24.8 Å². The van der Waals surface area contributed by atoms with E-state index in [4.69, 9.17) is 10.5 Å². The van der Waals surface area contributed by atoms with Gasteiger partial charge < -0.3 is 10.5 Å². The van der Waals surface area contributed by atoms with Gasteiger partial charge in [-0.25, -0.2) is 13.1 Å². The van der Waals surface area contributed by atoms with Gasteiger partial charge in [-0.15, -0.1) is 0 Å². The first-order valence-corrected chi connectivity index (χ1v) is 8.84. The number of nitrogens with one attached hydrogen (secondary N) is 1. The predicted octanol–water partition coefficient (Wildman–Crippen LogP) is 1.67. The van der Waals surface area contributed by atoms with Crippen molar-refractivity contribution in [3.63, 3.8) is 0 Å². The standard InChI is InChI=1S/C15H26N2O3S/c1-13(2)20-12-4-3-11-17-21(18,19)15-7-5-14(6-8-15)9-10-16/h5-8,13,17H,3-4,9-12,16H2,1-2H3. The molecule has 120 valence electrons. The third-order valence-corrected chi connectivity index (χ3v) is 4.46. The second kappa shape index (κ2) is 9.15. The van der Waals surface area contributed by atoms with Crippen LogP contribution in [0.3, 0.4) is 0 Å². The molecule has 3 N–H and O–H groups in total. The Kier molecular flexibility index (Phi) is 7.88. The predicted molar refractivity (Wildman–Crippen MR) is 84.7 cm³/mol. The number of benzene rings is 1. The molecule has 6 heteroatoms. The van der Waals surface area contributed by atoms with E-state index < -0.39 is 10.0 Å². The van der Waals surface area contributed by atoms with Crippen molar-refractivity contribution in [1.29, 1.82) is 0 Å². The van der Waals surface area contributed by atoms with E-state index in [-0.39, 0.29) is 6.10 Å². The molecule has 0 spiro atoms. The van der Waals surface area contributed by atoms with Crippen LogP contribution in [0, 0.1) is 0 Å². The Morgan fingerprint density at radius 3 is 2.43 bits per heavy atom. The molecular weight excluding hydrogens is 288 g/mol. The summed E-state index contributed by atoms with van der Waals surface area (Å²) in [6.07, 6.45) is 2.57. The third-order valence-electron chi connectivity index (χ3n) is 2.98. The Hall–Kier alpha value is -0.950. The highest BCUT2D eigenvalue weighted by Crippen LogP contribution is 2.10. The maximum absolute atomic E-state index is 12.1. The number of hydrogen-bond donors (Lipinski definition) is 2. The van der Waals surface area contributed by atoms with Gasteiger partial charge in [-0.2, -0.15) is 0 Å². The zero-order valence-electron chi connectivity index (χ0n) is 12.8. The molecule has 5 nitrogen and oxygen atoms in total. The molecule has 0 saturated carbocycles. The summed E-state index contributed by atoms with van der Waals surface area (Å²) in [6.45, 7) is 5.61. The van der Waals surface area contributed by atoms with Gasteiger partial charge >= 0.3 is 0 Å². The largest absolute Gasteiger partial charge is 0.379 e. The summed E-state index contributed by atoms with van der Waals surface area (Å²) < 4.78 is 32.2. The Bertz CT molecular complexity index is 498. The zero-order valence-corrected chi connectivity index (χ0v) is 13.7. The number of unbranched alkanes of at least 4 members (excludes halogenated alkanes) is 1. The summed E-state index contributed by atoms with van der Waals surface area (Å²) in [4.78, 5) is 0.293. The molecule has 0 aliphatic carbocycles. The molecule has 0 bridgehead atoms. The second-order valence-corrected chi connectivity index (χ2v) is 6.97. The molecule has 0 unspecified atom stereocenters. The summed E-state index contributed by atoms with van der Waals surface area (Å²) in [7, 11) is -3.42. The van der Waals surface area contributed by atoms with E-state index in [9.17, 15) is 8.42 Å². The molecule has 0 amide bonds. The maximum Gasteiger partial charge on any atom is 0.240 e. The van der Waals surface area contributed by atoms with Crippen molar-refractivity contribution in [2.45, 2.75) is 44.1 Å². The summed E-state index contributed by atoms with van der Waals surface area (Å²) in [5.74, 6) is 0. The van der Waals surface area contributed by atoms with Gasteiger partial charge in [0.15, 0.2) is 0 Å². The van der Waals surface area contributed by atoms with Crippen LogP contribution >= 0.6 is 0 Å². The molecular formula is C15H26N2O3S. The van der Waals surface area contributed by atoms with Crippen molar-refractivity contribution < 1.29 is 13.2 Å². The Morgan fingerprint density at radius 1 is 1.19 bits per heavy atom. The van der Waals surface area contributed by atoms with Crippen LogP contribution in [-0.4, -0.2) is 34.2 Å². The average Bonchev–Trinajstić information content (AvgIpc) is 2.43. The van der Waals surface area contributed by atoms with Crippen LogP contribution in [0.2, 0.25) is 0 Å². The van der Waals surface area contributed by atoms with Crippen molar-refractivity contribution in [3.05, 3.63) is 29.8 Å². The van der Waals surface area contributed by atoms with Gasteiger partial charge in [-0.05, 0) is 57.4 Å². The van der Waals surface area contributed by atoms with Crippen LogP contribution in [0.5, 0.6) is 0 Å². The normalized spacial score (nSPS) is 12.0. The summed E-state index contributed by atoms with van der Waals surface area (Å²) in [6, 6.07) is 6.85.